The van der Waals surface area contributed by atoms with Gasteiger partial charge in [0.15, 0.2) is 11.6 Å². The first-order valence-electron chi connectivity index (χ1n) is 7.01. The van der Waals surface area contributed by atoms with Gasteiger partial charge in [0.1, 0.15) is 29.0 Å². The van der Waals surface area contributed by atoms with Crippen molar-refractivity contribution in [3.63, 3.8) is 0 Å². The lowest BCUT2D eigenvalue weighted by Gasteiger charge is -2.13. The molecule has 2 aromatic carbocycles. The van der Waals surface area contributed by atoms with Crippen LogP contribution in [0.2, 0.25) is 0 Å². The Labute approximate surface area is 144 Å². The van der Waals surface area contributed by atoms with E-state index in [0.717, 1.165) is 6.07 Å². The van der Waals surface area contributed by atoms with Crippen molar-refractivity contribution in [3.8, 4) is 23.6 Å². The number of nitriles is 2. The van der Waals surface area contributed by atoms with Gasteiger partial charge in [-0.1, -0.05) is 6.07 Å². The van der Waals surface area contributed by atoms with Crippen molar-refractivity contribution in [2.24, 2.45) is 0 Å². The van der Waals surface area contributed by atoms with E-state index in [0.29, 0.717) is 0 Å². The number of carbonyl (C=O) groups excluding carboxylic acids is 1. The molecule has 0 saturated heterocycles. The molecule has 0 bridgehead atoms. The number of halogens is 4. The maximum atomic E-state index is 14.1. The molecule has 2 rings (SSSR count). The minimum atomic E-state index is -2.01. The molecule has 0 unspecified atom stereocenters. The van der Waals surface area contributed by atoms with E-state index in [9.17, 15) is 22.4 Å². The van der Waals surface area contributed by atoms with Gasteiger partial charge in [-0.25, -0.2) is 13.6 Å². The fraction of sp³-hybridized carbons (Fsp3) is 0.118. The summed E-state index contributed by atoms with van der Waals surface area (Å²) in [5, 5.41) is 18.0. The average molecular weight is 364 g/mol. The summed E-state index contributed by atoms with van der Waals surface area (Å²) in [6, 6.07) is 6.82. The third-order valence-corrected chi connectivity index (χ3v) is 3.17. The number of benzene rings is 2. The summed E-state index contributed by atoms with van der Waals surface area (Å²) in [6.07, 6.45) is 0. The predicted molar refractivity (Wildman–Crippen MR) is 78.2 cm³/mol. The molecule has 0 aliphatic rings. The first kappa shape index (κ1) is 18.7. The second-order valence-electron chi connectivity index (χ2n) is 4.68. The lowest BCUT2D eigenvalue weighted by molar-refractivity contribution is 0.0512. The maximum Gasteiger partial charge on any atom is 0.344 e. The number of ether oxygens (including phenoxy) is 2. The van der Waals surface area contributed by atoms with Gasteiger partial charge in [0.05, 0.1) is 12.2 Å². The number of rotatable bonds is 4. The van der Waals surface area contributed by atoms with Gasteiger partial charge >= 0.3 is 5.97 Å². The topological polar surface area (TPSA) is 83.1 Å². The molecule has 0 aromatic heterocycles. The molecule has 0 aliphatic heterocycles. The zero-order chi connectivity index (χ0) is 19.4. The molecule has 0 heterocycles. The summed E-state index contributed by atoms with van der Waals surface area (Å²) in [7, 11) is 0. The van der Waals surface area contributed by atoms with Crippen molar-refractivity contribution in [1.82, 2.24) is 0 Å². The fourth-order valence-corrected chi connectivity index (χ4v) is 2.02. The molecule has 0 fully saturated rings. The molecule has 132 valence electrons. The molecule has 2 aromatic rings. The van der Waals surface area contributed by atoms with E-state index < -0.39 is 46.3 Å². The lowest BCUT2D eigenvalue weighted by atomic mass is 10.1. The Morgan fingerprint density at radius 3 is 2.15 bits per heavy atom. The van der Waals surface area contributed by atoms with Crippen LogP contribution in [0.4, 0.5) is 17.6 Å². The minimum Gasteiger partial charge on any atom is -0.462 e. The Hall–Kier alpha value is -3.59. The van der Waals surface area contributed by atoms with Crippen molar-refractivity contribution in [2.45, 2.75) is 6.92 Å². The summed E-state index contributed by atoms with van der Waals surface area (Å²) < 4.78 is 65.5. The number of hydrogen-bond acceptors (Lipinski definition) is 5. The molecule has 26 heavy (non-hydrogen) atoms. The van der Waals surface area contributed by atoms with E-state index in [1.807, 2.05) is 0 Å². The Morgan fingerprint density at radius 2 is 1.65 bits per heavy atom. The van der Waals surface area contributed by atoms with Crippen LogP contribution in [0.3, 0.4) is 0 Å². The zero-order valence-corrected chi connectivity index (χ0v) is 13.1. The van der Waals surface area contributed by atoms with Gasteiger partial charge in [-0.05, 0) is 19.1 Å². The van der Waals surface area contributed by atoms with Gasteiger partial charge in [-0.15, -0.1) is 0 Å². The van der Waals surface area contributed by atoms with Crippen molar-refractivity contribution in [3.05, 3.63) is 58.2 Å². The molecule has 0 saturated carbocycles. The van der Waals surface area contributed by atoms with Crippen LogP contribution in [0.15, 0.2) is 18.2 Å². The normalized spacial score (nSPS) is 9.96. The van der Waals surface area contributed by atoms with E-state index in [-0.39, 0.29) is 17.7 Å². The van der Waals surface area contributed by atoms with Crippen LogP contribution in [0.5, 0.6) is 11.5 Å². The van der Waals surface area contributed by atoms with Crippen molar-refractivity contribution in [2.75, 3.05) is 6.61 Å². The van der Waals surface area contributed by atoms with Crippen molar-refractivity contribution < 1.29 is 31.8 Å². The highest BCUT2D eigenvalue weighted by Gasteiger charge is 2.32. The monoisotopic (exact) mass is 364 g/mol. The molecular formula is C17H8F4N2O3. The number of hydrogen-bond donors (Lipinski definition) is 0. The number of nitrogens with zero attached hydrogens (tertiary/aromatic N) is 2. The summed E-state index contributed by atoms with van der Waals surface area (Å²) in [5.41, 5.74) is -2.10. The van der Waals surface area contributed by atoms with Gasteiger partial charge in [-0.2, -0.15) is 19.3 Å². The van der Waals surface area contributed by atoms with Gasteiger partial charge in [0.2, 0.25) is 17.4 Å². The molecule has 0 aliphatic carbocycles. The Bertz CT molecular complexity index is 948. The lowest BCUT2D eigenvalue weighted by Crippen LogP contribution is -2.14. The minimum absolute atomic E-state index is 0.171. The SMILES string of the molecule is CCOC(=O)c1c(F)c(F)c(Oc2cccc(C#N)c2C#N)c(F)c1F. The third kappa shape index (κ3) is 3.15. The quantitative estimate of drug-likeness (QED) is 0.466. The van der Waals surface area contributed by atoms with Crippen LogP contribution in [-0.2, 0) is 4.74 Å². The number of esters is 1. The molecule has 0 atom stereocenters. The van der Waals surface area contributed by atoms with Gasteiger partial charge in [-0.3, -0.25) is 0 Å². The molecule has 0 amide bonds. The smallest absolute Gasteiger partial charge is 0.344 e. The van der Waals surface area contributed by atoms with Crippen LogP contribution < -0.4 is 4.74 Å². The average Bonchev–Trinajstić information content (AvgIpc) is 2.63. The first-order valence-corrected chi connectivity index (χ1v) is 7.01. The Morgan fingerprint density at radius 1 is 1.04 bits per heavy atom. The maximum absolute atomic E-state index is 14.1. The zero-order valence-electron chi connectivity index (χ0n) is 13.1. The van der Waals surface area contributed by atoms with E-state index in [1.54, 1.807) is 12.1 Å². The summed E-state index contributed by atoms with van der Waals surface area (Å²) in [4.78, 5) is 11.5. The van der Waals surface area contributed by atoms with Gasteiger partial charge < -0.3 is 9.47 Å². The molecule has 9 heteroatoms. The summed E-state index contributed by atoms with van der Waals surface area (Å²) >= 11 is 0. The summed E-state index contributed by atoms with van der Waals surface area (Å²) in [6.45, 7) is 1.06. The predicted octanol–water partition coefficient (Wildman–Crippen LogP) is 3.96. The Kier molecular flexibility index (Phi) is 5.43. The fourth-order valence-electron chi connectivity index (χ4n) is 2.02. The van der Waals surface area contributed by atoms with E-state index >= 15 is 0 Å². The Balaban J connectivity index is 2.63. The van der Waals surface area contributed by atoms with Gasteiger partial charge in [0.25, 0.3) is 0 Å². The second kappa shape index (κ2) is 7.53. The number of carbonyl (C=O) groups is 1. The van der Waals surface area contributed by atoms with E-state index in [2.05, 4.69) is 4.74 Å². The van der Waals surface area contributed by atoms with Crippen LogP contribution in [-0.4, -0.2) is 12.6 Å². The van der Waals surface area contributed by atoms with Crippen molar-refractivity contribution in [1.29, 1.82) is 10.5 Å². The first-order chi connectivity index (χ1) is 12.4. The molecule has 0 N–H and O–H groups in total. The third-order valence-electron chi connectivity index (χ3n) is 3.17. The second-order valence-corrected chi connectivity index (χ2v) is 4.68. The highest BCUT2D eigenvalue weighted by molar-refractivity contribution is 5.90. The van der Waals surface area contributed by atoms with Gasteiger partial charge in [0, 0.05) is 0 Å². The largest absolute Gasteiger partial charge is 0.462 e. The van der Waals surface area contributed by atoms with Crippen LogP contribution in [0.1, 0.15) is 28.4 Å². The molecule has 0 radical (unpaired) electrons. The highest BCUT2D eigenvalue weighted by atomic mass is 19.2. The summed E-state index contributed by atoms with van der Waals surface area (Å²) in [5.74, 6) is -11.6. The highest BCUT2D eigenvalue weighted by Crippen LogP contribution is 2.35. The standard InChI is InChI=1S/C17H8F4N2O3/c1-2-25-17(24)11-12(18)14(20)16(15(21)13(11)19)26-10-5-3-4-8(6-22)9(10)7-23/h3-5H,2H2,1H3. The van der Waals surface area contributed by atoms with Crippen LogP contribution in [0.25, 0.3) is 0 Å². The van der Waals surface area contributed by atoms with Crippen LogP contribution >= 0.6 is 0 Å². The van der Waals surface area contributed by atoms with Crippen molar-refractivity contribution >= 4 is 5.97 Å². The molecule has 5 nitrogen and oxygen atoms in total. The molecular weight excluding hydrogens is 356 g/mol. The molecule has 0 spiro atoms. The van der Waals surface area contributed by atoms with E-state index in [4.69, 9.17) is 15.3 Å². The van der Waals surface area contributed by atoms with Crippen LogP contribution in [0, 0.1) is 45.9 Å². The van der Waals surface area contributed by atoms with E-state index in [1.165, 1.54) is 19.1 Å².